The number of aromatic nitrogens is 1. The average Bonchev–Trinajstić information content (AvgIpc) is 3.23. The summed E-state index contributed by atoms with van der Waals surface area (Å²) in [6, 6.07) is 19.3. The van der Waals surface area contributed by atoms with E-state index in [0.717, 1.165) is 22.0 Å². The molecule has 4 rings (SSSR count). The fourth-order valence-electron chi connectivity index (χ4n) is 2.70. The molecule has 4 nitrogen and oxygen atoms in total. The monoisotopic (exact) mass is 375 g/mol. The van der Waals surface area contributed by atoms with Crippen LogP contribution in [0.25, 0.3) is 22.2 Å². The maximum absolute atomic E-state index is 13.2. The van der Waals surface area contributed by atoms with Crippen LogP contribution >= 0.6 is 11.3 Å². The number of amides is 1. The summed E-state index contributed by atoms with van der Waals surface area (Å²) in [4.78, 5) is 17.3. The van der Waals surface area contributed by atoms with E-state index in [0.29, 0.717) is 10.6 Å². The number of fused-ring (bicyclic) bond motifs is 1. The third kappa shape index (κ3) is 3.75. The van der Waals surface area contributed by atoms with Crippen molar-refractivity contribution in [1.29, 1.82) is 0 Å². The van der Waals surface area contributed by atoms with Crippen molar-refractivity contribution < 1.29 is 9.18 Å². The van der Waals surface area contributed by atoms with E-state index in [2.05, 4.69) is 15.5 Å². The number of benzene rings is 2. The molecule has 0 unspecified atom stereocenters. The lowest BCUT2D eigenvalue weighted by Gasteiger charge is -2.07. The predicted molar refractivity (Wildman–Crippen MR) is 107 cm³/mol. The maximum atomic E-state index is 13.2. The highest BCUT2D eigenvalue weighted by atomic mass is 32.1. The van der Waals surface area contributed by atoms with Crippen LogP contribution in [0.3, 0.4) is 0 Å². The molecule has 2 heterocycles. The van der Waals surface area contributed by atoms with Crippen molar-refractivity contribution in [1.82, 2.24) is 10.4 Å². The number of thiophene rings is 1. The first-order valence-electron chi connectivity index (χ1n) is 8.23. The third-order valence-corrected chi connectivity index (χ3v) is 4.87. The molecule has 1 amide bonds. The number of carbonyl (C=O) groups is 1. The van der Waals surface area contributed by atoms with E-state index in [1.54, 1.807) is 24.4 Å². The predicted octanol–water partition coefficient (Wildman–Crippen LogP) is 4.87. The number of nitrogens with zero attached hydrogens (tertiary/aromatic N) is 2. The summed E-state index contributed by atoms with van der Waals surface area (Å²) in [7, 11) is 0. The summed E-state index contributed by atoms with van der Waals surface area (Å²) in [6.07, 6.45) is 1.60. The molecule has 0 aliphatic rings. The summed E-state index contributed by atoms with van der Waals surface area (Å²) in [5, 5.41) is 6.84. The highest BCUT2D eigenvalue weighted by Crippen LogP contribution is 2.24. The van der Waals surface area contributed by atoms with Crippen molar-refractivity contribution in [3.8, 4) is 11.3 Å². The molecular weight excluding hydrogens is 361 g/mol. The Hall–Kier alpha value is -3.38. The number of nitrogens with one attached hydrogen (secondary N) is 1. The van der Waals surface area contributed by atoms with E-state index in [-0.39, 0.29) is 11.7 Å². The van der Waals surface area contributed by atoms with Gasteiger partial charge in [-0.3, -0.25) is 4.79 Å². The van der Waals surface area contributed by atoms with Gasteiger partial charge < -0.3 is 0 Å². The van der Waals surface area contributed by atoms with Crippen molar-refractivity contribution in [2.75, 3.05) is 0 Å². The van der Waals surface area contributed by atoms with Gasteiger partial charge in [0.1, 0.15) is 5.82 Å². The molecule has 27 heavy (non-hydrogen) atoms. The maximum Gasteiger partial charge on any atom is 0.281 e. The Morgan fingerprint density at radius 2 is 1.89 bits per heavy atom. The van der Waals surface area contributed by atoms with E-state index in [4.69, 9.17) is 0 Å². The molecule has 0 aliphatic heterocycles. The smallest absolute Gasteiger partial charge is 0.266 e. The van der Waals surface area contributed by atoms with Gasteiger partial charge in [0.15, 0.2) is 0 Å². The number of carbonyl (C=O) groups excluding carboxylic acids is 1. The van der Waals surface area contributed by atoms with E-state index >= 15 is 0 Å². The summed E-state index contributed by atoms with van der Waals surface area (Å²) in [6.45, 7) is 0. The Kier molecular flexibility index (Phi) is 4.72. The van der Waals surface area contributed by atoms with Crippen molar-refractivity contribution in [3.05, 3.63) is 88.4 Å². The van der Waals surface area contributed by atoms with Gasteiger partial charge in [0.2, 0.25) is 0 Å². The Morgan fingerprint density at radius 1 is 1.07 bits per heavy atom. The SMILES string of the molecule is O=C(N/N=C/c1cc(-c2ccc(F)cc2)nc2ccccc12)c1cccs1. The van der Waals surface area contributed by atoms with Crippen LogP contribution in [0.5, 0.6) is 0 Å². The summed E-state index contributed by atoms with van der Waals surface area (Å²) >= 11 is 1.35. The van der Waals surface area contributed by atoms with Crippen LogP contribution in [0.15, 0.2) is 77.2 Å². The van der Waals surface area contributed by atoms with E-state index in [9.17, 15) is 9.18 Å². The van der Waals surface area contributed by atoms with E-state index < -0.39 is 0 Å². The van der Waals surface area contributed by atoms with Crippen LogP contribution in [0, 0.1) is 5.82 Å². The quantitative estimate of drug-likeness (QED) is 0.409. The topological polar surface area (TPSA) is 54.4 Å². The van der Waals surface area contributed by atoms with Gasteiger partial charge in [-0.1, -0.05) is 24.3 Å². The molecule has 2 aromatic carbocycles. The van der Waals surface area contributed by atoms with Gasteiger partial charge in [0, 0.05) is 16.5 Å². The van der Waals surface area contributed by atoms with Gasteiger partial charge in [-0.05, 0) is 47.8 Å². The van der Waals surface area contributed by atoms with Crippen molar-refractivity contribution in [2.45, 2.75) is 0 Å². The Labute approximate surface area is 159 Å². The Balaban J connectivity index is 1.69. The van der Waals surface area contributed by atoms with Gasteiger partial charge in [0.05, 0.1) is 22.3 Å². The lowest BCUT2D eigenvalue weighted by molar-refractivity contribution is 0.0959. The minimum absolute atomic E-state index is 0.252. The first-order valence-corrected chi connectivity index (χ1v) is 9.11. The van der Waals surface area contributed by atoms with Gasteiger partial charge in [-0.15, -0.1) is 11.3 Å². The van der Waals surface area contributed by atoms with E-state index in [1.807, 2.05) is 41.8 Å². The minimum atomic E-state index is -0.294. The highest BCUT2D eigenvalue weighted by Gasteiger charge is 2.08. The zero-order chi connectivity index (χ0) is 18.6. The molecule has 2 aromatic heterocycles. The number of pyridine rings is 1. The number of hydrazone groups is 1. The first-order chi connectivity index (χ1) is 13.2. The normalized spacial score (nSPS) is 11.1. The minimum Gasteiger partial charge on any atom is -0.266 e. The van der Waals surface area contributed by atoms with Crippen LogP contribution < -0.4 is 5.43 Å². The molecule has 0 fully saturated rings. The Morgan fingerprint density at radius 3 is 2.67 bits per heavy atom. The number of hydrogen-bond acceptors (Lipinski definition) is 4. The summed E-state index contributed by atoms with van der Waals surface area (Å²) in [5.74, 6) is -0.545. The van der Waals surface area contributed by atoms with Crippen molar-refractivity contribution in [3.63, 3.8) is 0 Å². The molecule has 6 heteroatoms. The summed E-state index contributed by atoms with van der Waals surface area (Å²) < 4.78 is 13.2. The van der Waals surface area contributed by atoms with Gasteiger partial charge in [-0.2, -0.15) is 5.10 Å². The zero-order valence-electron chi connectivity index (χ0n) is 14.1. The molecule has 0 saturated carbocycles. The van der Waals surface area contributed by atoms with Crippen molar-refractivity contribution >= 4 is 34.4 Å². The second kappa shape index (κ2) is 7.47. The first kappa shape index (κ1) is 17.1. The largest absolute Gasteiger partial charge is 0.281 e. The molecule has 4 aromatic rings. The van der Waals surface area contributed by atoms with Crippen LogP contribution in [-0.4, -0.2) is 17.1 Å². The molecule has 132 valence electrons. The zero-order valence-corrected chi connectivity index (χ0v) is 14.9. The number of rotatable bonds is 4. The standard InChI is InChI=1S/C21H14FN3OS/c22-16-9-7-14(8-10-16)19-12-15(17-4-1-2-5-18(17)24-19)13-23-25-21(26)20-6-3-11-27-20/h1-13H,(H,25,26)/b23-13+. The molecular formula is C21H14FN3OS. The van der Waals surface area contributed by atoms with Gasteiger partial charge in [-0.25, -0.2) is 14.8 Å². The molecule has 1 N–H and O–H groups in total. The fraction of sp³-hybridized carbons (Fsp3) is 0. The molecule has 0 radical (unpaired) electrons. The van der Waals surface area contributed by atoms with Crippen LogP contribution in [0.2, 0.25) is 0 Å². The number of para-hydroxylation sites is 1. The number of halogens is 1. The third-order valence-electron chi connectivity index (χ3n) is 4.00. The van der Waals surface area contributed by atoms with Crippen LogP contribution in [0.4, 0.5) is 4.39 Å². The molecule has 0 aliphatic carbocycles. The second-order valence-corrected chi connectivity index (χ2v) is 6.74. The number of hydrogen-bond donors (Lipinski definition) is 1. The average molecular weight is 375 g/mol. The molecule has 0 spiro atoms. The summed E-state index contributed by atoms with van der Waals surface area (Å²) in [5.41, 5.74) is 5.66. The van der Waals surface area contributed by atoms with Crippen molar-refractivity contribution in [2.24, 2.45) is 5.10 Å². The van der Waals surface area contributed by atoms with Crippen LogP contribution in [-0.2, 0) is 0 Å². The molecule has 0 saturated heterocycles. The van der Waals surface area contributed by atoms with Crippen LogP contribution in [0.1, 0.15) is 15.2 Å². The lowest BCUT2D eigenvalue weighted by Crippen LogP contribution is -2.16. The lowest BCUT2D eigenvalue weighted by atomic mass is 10.0. The Bertz CT molecular complexity index is 1120. The van der Waals surface area contributed by atoms with Gasteiger partial charge >= 0.3 is 0 Å². The fourth-order valence-corrected chi connectivity index (χ4v) is 3.31. The van der Waals surface area contributed by atoms with E-state index in [1.165, 1.54) is 23.5 Å². The highest BCUT2D eigenvalue weighted by molar-refractivity contribution is 7.12. The van der Waals surface area contributed by atoms with Gasteiger partial charge in [0.25, 0.3) is 5.91 Å². The molecule has 0 bridgehead atoms. The molecule has 0 atom stereocenters. The second-order valence-electron chi connectivity index (χ2n) is 5.80.